The van der Waals surface area contributed by atoms with Crippen molar-refractivity contribution in [3.8, 4) is 0 Å². The molecular formula is C25H26ClN5O3. The van der Waals surface area contributed by atoms with Crippen LogP contribution in [-0.2, 0) is 24.3 Å². The van der Waals surface area contributed by atoms with Gasteiger partial charge in [-0.15, -0.1) is 0 Å². The third kappa shape index (κ3) is 4.82. The quantitative estimate of drug-likeness (QED) is 0.544. The van der Waals surface area contributed by atoms with Crippen molar-refractivity contribution in [1.82, 2.24) is 25.3 Å². The molecule has 0 aliphatic carbocycles. The van der Waals surface area contributed by atoms with Crippen molar-refractivity contribution in [2.75, 3.05) is 13.6 Å². The molecule has 1 aliphatic rings. The van der Waals surface area contributed by atoms with Gasteiger partial charge in [0.2, 0.25) is 5.91 Å². The van der Waals surface area contributed by atoms with Gasteiger partial charge in [0.15, 0.2) is 5.69 Å². The van der Waals surface area contributed by atoms with Crippen molar-refractivity contribution in [2.24, 2.45) is 0 Å². The molecule has 176 valence electrons. The van der Waals surface area contributed by atoms with Crippen LogP contribution in [0.15, 0.2) is 60.7 Å². The molecule has 1 aromatic heterocycles. The van der Waals surface area contributed by atoms with Gasteiger partial charge in [0.1, 0.15) is 11.2 Å². The number of carbonyl (C=O) groups excluding carboxylic acids is 3. The molecule has 0 saturated heterocycles. The number of halogens is 1. The van der Waals surface area contributed by atoms with Gasteiger partial charge >= 0.3 is 0 Å². The molecule has 34 heavy (non-hydrogen) atoms. The van der Waals surface area contributed by atoms with E-state index in [0.29, 0.717) is 24.5 Å². The average Bonchev–Trinajstić information content (AvgIpc) is 3.27. The first-order valence-electron chi connectivity index (χ1n) is 11.0. The minimum Gasteiger partial charge on any atom is -0.350 e. The summed E-state index contributed by atoms with van der Waals surface area (Å²) in [6, 6.07) is 18.4. The molecule has 1 unspecified atom stereocenters. The van der Waals surface area contributed by atoms with Gasteiger partial charge in [-0.2, -0.15) is 5.10 Å². The molecule has 9 heteroatoms. The molecule has 4 rings (SSSR count). The number of amides is 3. The fourth-order valence-electron chi connectivity index (χ4n) is 3.87. The van der Waals surface area contributed by atoms with Gasteiger partial charge in [-0.05, 0) is 36.6 Å². The second-order valence-electron chi connectivity index (χ2n) is 8.51. The summed E-state index contributed by atoms with van der Waals surface area (Å²) in [6.45, 7) is 2.60. The number of carbonyl (C=O) groups is 3. The first-order chi connectivity index (χ1) is 16.3. The van der Waals surface area contributed by atoms with Crippen LogP contribution in [-0.4, -0.2) is 51.5 Å². The van der Waals surface area contributed by atoms with Crippen LogP contribution in [0.5, 0.6) is 0 Å². The van der Waals surface area contributed by atoms with Crippen molar-refractivity contribution in [1.29, 1.82) is 0 Å². The smallest absolute Gasteiger partial charge is 0.272 e. The minimum absolute atomic E-state index is 0.141. The van der Waals surface area contributed by atoms with Crippen LogP contribution in [0.1, 0.15) is 39.0 Å². The number of likely N-dealkylation sites (N-methyl/N-ethyl adjacent to an activating group) is 1. The average molecular weight is 480 g/mol. The van der Waals surface area contributed by atoms with Gasteiger partial charge in [-0.3, -0.25) is 19.1 Å². The molecular weight excluding hydrogens is 454 g/mol. The van der Waals surface area contributed by atoms with Crippen LogP contribution in [0.25, 0.3) is 0 Å². The Balaban J connectivity index is 1.42. The van der Waals surface area contributed by atoms with E-state index in [9.17, 15) is 14.4 Å². The highest BCUT2D eigenvalue weighted by atomic mass is 35.5. The molecule has 1 atom stereocenters. The summed E-state index contributed by atoms with van der Waals surface area (Å²) in [6.07, 6.45) is 0.637. The number of rotatable bonds is 7. The van der Waals surface area contributed by atoms with Gasteiger partial charge in [-0.1, -0.05) is 54.1 Å². The Labute approximate surface area is 202 Å². The molecule has 2 N–H and O–H groups in total. The zero-order chi connectivity index (χ0) is 24.3. The Kier molecular flexibility index (Phi) is 6.70. The molecule has 3 aromatic rings. The van der Waals surface area contributed by atoms with Gasteiger partial charge in [0, 0.05) is 31.2 Å². The molecule has 0 fully saturated rings. The van der Waals surface area contributed by atoms with Gasteiger partial charge in [-0.25, -0.2) is 0 Å². The maximum atomic E-state index is 13.1. The van der Waals surface area contributed by atoms with E-state index < -0.39 is 5.54 Å². The fourth-order valence-corrected chi connectivity index (χ4v) is 3.99. The zero-order valence-electron chi connectivity index (χ0n) is 19.0. The largest absolute Gasteiger partial charge is 0.350 e. The Hall–Kier alpha value is -3.65. The monoisotopic (exact) mass is 479 g/mol. The second-order valence-corrected chi connectivity index (χ2v) is 8.95. The lowest BCUT2D eigenvalue weighted by molar-refractivity contribution is -0.132. The number of fused-ring (bicyclic) bond motifs is 1. The number of nitrogens with one attached hydrogen (secondary N) is 2. The van der Waals surface area contributed by atoms with E-state index >= 15 is 0 Å². The Morgan fingerprint density at radius 2 is 1.76 bits per heavy atom. The first-order valence-corrected chi connectivity index (χ1v) is 11.4. The van der Waals surface area contributed by atoms with Crippen molar-refractivity contribution in [2.45, 2.75) is 32.0 Å². The normalized spacial score (nSPS) is 17.3. The number of nitrogens with zero attached hydrogens (tertiary/aromatic N) is 3. The third-order valence-corrected chi connectivity index (χ3v) is 6.38. The molecule has 0 radical (unpaired) electrons. The van der Waals surface area contributed by atoms with Crippen molar-refractivity contribution in [3.05, 3.63) is 88.2 Å². The number of hydrogen-bond donors (Lipinski definition) is 2. The molecule has 0 spiro atoms. The predicted octanol–water partition coefficient (Wildman–Crippen LogP) is 2.67. The van der Waals surface area contributed by atoms with E-state index in [1.807, 2.05) is 42.5 Å². The van der Waals surface area contributed by atoms with E-state index in [1.165, 1.54) is 15.6 Å². The predicted molar refractivity (Wildman–Crippen MR) is 129 cm³/mol. The topological polar surface area (TPSA) is 96.3 Å². The minimum atomic E-state index is -1.15. The van der Waals surface area contributed by atoms with E-state index in [0.717, 1.165) is 11.1 Å². The standard InChI is InChI=1S/C25H26ClN5O3/c1-25(24(34)28-15-18-6-4-3-5-7-18)16-31-21(23(33)30(25)2)14-20(29-31)22(32)27-13-12-17-8-10-19(26)11-9-17/h3-11,14H,12-13,15-16H2,1-2H3,(H,27,32)(H,28,34). The lowest BCUT2D eigenvalue weighted by atomic mass is 9.96. The van der Waals surface area contributed by atoms with E-state index in [1.54, 1.807) is 26.1 Å². The van der Waals surface area contributed by atoms with Crippen LogP contribution in [0.4, 0.5) is 0 Å². The maximum Gasteiger partial charge on any atom is 0.272 e. The zero-order valence-corrected chi connectivity index (χ0v) is 19.8. The van der Waals surface area contributed by atoms with Crippen LogP contribution in [0.2, 0.25) is 5.02 Å². The Bertz CT molecular complexity index is 1210. The lowest BCUT2D eigenvalue weighted by Gasteiger charge is -2.40. The SMILES string of the molecule is CN1C(=O)c2cc(C(=O)NCCc3ccc(Cl)cc3)nn2CC1(C)C(=O)NCc1ccccc1. The molecule has 2 heterocycles. The second kappa shape index (κ2) is 9.69. The van der Waals surface area contributed by atoms with E-state index in [4.69, 9.17) is 11.6 Å². The van der Waals surface area contributed by atoms with Crippen LogP contribution in [0, 0.1) is 0 Å². The van der Waals surface area contributed by atoms with Gasteiger partial charge < -0.3 is 15.5 Å². The highest BCUT2D eigenvalue weighted by molar-refractivity contribution is 6.30. The van der Waals surface area contributed by atoms with Gasteiger partial charge in [0.05, 0.1) is 6.54 Å². The maximum absolute atomic E-state index is 13.1. The molecule has 8 nitrogen and oxygen atoms in total. The Morgan fingerprint density at radius 1 is 1.06 bits per heavy atom. The van der Waals surface area contributed by atoms with Crippen LogP contribution in [0.3, 0.4) is 0 Å². The highest BCUT2D eigenvalue weighted by Crippen LogP contribution is 2.26. The highest BCUT2D eigenvalue weighted by Gasteiger charge is 2.46. The lowest BCUT2D eigenvalue weighted by Crippen LogP contribution is -2.62. The summed E-state index contributed by atoms with van der Waals surface area (Å²) in [7, 11) is 1.59. The summed E-state index contributed by atoms with van der Waals surface area (Å²) in [5, 5.41) is 10.7. The summed E-state index contributed by atoms with van der Waals surface area (Å²) >= 11 is 5.90. The van der Waals surface area contributed by atoms with Crippen LogP contribution >= 0.6 is 11.6 Å². The summed E-state index contributed by atoms with van der Waals surface area (Å²) in [5.74, 6) is -1.03. The number of benzene rings is 2. The number of hydrogen-bond acceptors (Lipinski definition) is 4. The fraction of sp³-hybridized carbons (Fsp3) is 0.280. The molecule has 3 amide bonds. The van der Waals surface area contributed by atoms with Crippen LogP contribution < -0.4 is 10.6 Å². The molecule has 2 aromatic carbocycles. The summed E-state index contributed by atoms with van der Waals surface area (Å²) in [5.41, 5.74) is 1.28. The van der Waals surface area contributed by atoms with Crippen molar-refractivity contribution in [3.63, 3.8) is 0 Å². The molecule has 0 bridgehead atoms. The van der Waals surface area contributed by atoms with Crippen molar-refractivity contribution < 1.29 is 14.4 Å². The van der Waals surface area contributed by atoms with Gasteiger partial charge in [0.25, 0.3) is 11.8 Å². The van der Waals surface area contributed by atoms with E-state index in [2.05, 4.69) is 15.7 Å². The summed E-state index contributed by atoms with van der Waals surface area (Å²) in [4.78, 5) is 40.1. The van der Waals surface area contributed by atoms with Crippen molar-refractivity contribution >= 4 is 29.3 Å². The first kappa shape index (κ1) is 23.5. The molecule has 0 saturated carbocycles. The molecule has 1 aliphatic heterocycles. The number of aromatic nitrogens is 2. The Morgan fingerprint density at radius 3 is 2.47 bits per heavy atom. The third-order valence-electron chi connectivity index (χ3n) is 6.13. The summed E-state index contributed by atoms with van der Waals surface area (Å²) < 4.78 is 1.44. The van der Waals surface area contributed by atoms with E-state index in [-0.39, 0.29) is 35.7 Å².